The number of ether oxygens (including phenoxy) is 1. The van der Waals surface area contributed by atoms with Gasteiger partial charge in [-0.25, -0.2) is 0 Å². The summed E-state index contributed by atoms with van der Waals surface area (Å²) in [5.74, 6) is 0.685. The molecule has 0 atom stereocenters. The van der Waals surface area contributed by atoms with E-state index >= 15 is 0 Å². The minimum Gasteiger partial charge on any atom is -0.378 e. The van der Waals surface area contributed by atoms with Crippen LogP contribution >= 0.6 is 11.8 Å². The van der Waals surface area contributed by atoms with Crippen molar-refractivity contribution < 1.29 is 9.53 Å². The van der Waals surface area contributed by atoms with Crippen LogP contribution in [0.3, 0.4) is 0 Å². The summed E-state index contributed by atoms with van der Waals surface area (Å²) in [5, 5.41) is 2.95. The van der Waals surface area contributed by atoms with Crippen LogP contribution < -0.4 is 5.32 Å². The van der Waals surface area contributed by atoms with Crippen molar-refractivity contribution in [3.05, 3.63) is 0 Å². The Hall–Kier alpha value is -0.220. The Morgan fingerprint density at radius 2 is 1.95 bits per heavy atom. The van der Waals surface area contributed by atoms with Crippen molar-refractivity contribution in [2.75, 3.05) is 18.9 Å². The average molecular weight is 287 g/mol. The van der Waals surface area contributed by atoms with Gasteiger partial charge >= 0.3 is 0 Å². The van der Waals surface area contributed by atoms with Crippen LogP contribution in [0.25, 0.3) is 0 Å². The molecule has 1 rings (SSSR count). The summed E-state index contributed by atoms with van der Waals surface area (Å²) in [7, 11) is 0. The molecule has 0 aromatic carbocycles. The first-order valence-corrected chi connectivity index (χ1v) is 8.48. The van der Waals surface area contributed by atoms with Gasteiger partial charge < -0.3 is 10.1 Å². The van der Waals surface area contributed by atoms with Crippen molar-refractivity contribution in [1.29, 1.82) is 0 Å². The van der Waals surface area contributed by atoms with E-state index in [9.17, 15) is 4.79 Å². The van der Waals surface area contributed by atoms with Gasteiger partial charge in [0.05, 0.1) is 11.9 Å². The van der Waals surface area contributed by atoms with E-state index < -0.39 is 0 Å². The van der Waals surface area contributed by atoms with Crippen molar-refractivity contribution >= 4 is 17.7 Å². The number of carbonyl (C=O) groups excluding carboxylic acids is 1. The maximum absolute atomic E-state index is 11.6. The zero-order valence-electron chi connectivity index (χ0n) is 12.7. The molecule has 1 aliphatic carbocycles. The van der Waals surface area contributed by atoms with Gasteiger partial charge in [0, 0.05) is 17.9 Å². The Balaban J connectivity index is 1.93. The van der Waals surface area contributed by atoms with Crippen molar-refractivity contribution in [2.45, 2.75) is 70.1 Å². The zero-order chi connectivity index (χ0) is 14.1. The maximum atomic E-state index is 11.6. The van der Waals surface area contributed by atoms with Crippen molar-refractivity contribution in [3.63, 3.8) is 0 Å². The van der Waals surface area contributed by atoms with Crippen LogP contribution in [-0.4, -0.2) is 35.7 Å². The fourth-order valence-electron chi connectivity index (χ4n) is 2.11. The van der Waals surface area contributed by atoms with Gasteiger partial charge in [0.1, 0.15) is 0 Å². The lowest BCUT2D eigenvalue weighted by atomic mass is 9.98. The highest BCUT2D eigenvalue weighted by molar-refractivity contribution is 8.01. The average Bonchev–Trinajstić information content (AvgIpc) is 2.36. The fourth-order valence-corrected chi connectivity index (χ4v) is 2.78. The lowest BCUT2D eigenvalue weighted by molar-refractivity contribution is -0.118. The molecule has 1 saturated carbocycles. The summed E-state index contributed by atoms with van der Waals surface area (Å²) in [6, 6.07) is 0. The van der Waals surface area contributed by atoms with Gasteiger partial charge in [-0.3, -0.25) is 4.79 Å². The second kappa shape index (κ2) is 8.85. The second-order valence-electron chi connectivity index (χ2n) is 6.24. The van der Waals surface area contributed by atoms with Gasteiger partial charge in [-0.1, -0.05) is 40.0 Å². The molecule has 0 radical (unpaired) electrons. The first-order valence-electron chi connectivity index (χ1n) is 7.49. The van der Waals surface area contributed by atoms with Gasteiger partial charge in [-0.15, -0.1) is 11.8 Å². The molecule has 1 amide bonds. The Bertz CT molecular complexity index is 257. The molecule has 0 saturated heterocycles. The largest absolute Gasteiger partial charge is 0.378 e. The summed E-state index contributed by atoms with van der Waals surface area (Å²) in [5.41, 5.74) is 0. The predicted octanol–water partition coefficient (Wildman–Crippen LogP) is 3.37. The molecule has 3 nitrogen and oxygen atoms in total. The van der Waals surface area contributed by atoms with Crippen LogP contribution in [0.4, 0.5) is 0 Å². The number of rotatable bonds is 7. The molecule has 1 aliphatic rings. The smallest absolute Gasteiger partial charge is 0.230 e. The van der Waals surface area contributed by atoms with Crippen LogP contribution in [0.15, 0.2) is 0 Å². The molecule has 0 unspecified atom stereocenters. The molecule has 0 spiro atoms. The van der Waals surface area contributed by atoms with E-state index in [1.54, 1.807) is 11.8 Å². The molecular formula is C15H29NO2S. The highest BCUT2D eigenvalue weighted by Crippen LogP contribution is 2.22. The monoisotopic (exact) mass is 287 g/mol. The number of hydrogen-bond donors (Lipinski definition) is 1. The van der Waals surface area contributed by atoms with Crippen molar-refractivity contribution in [1.82, 2.24) is 5.32 Å². The van der Waals surface area contributed by atoms with Crippen LogP contribution in [-0.2, 0) is 9.53 Å². The topological polar surface area (TPSA) is 38.3 Å². The molecule has 0 heterocycles. The molecule has 0 aromatic rings. The SMILES string of the molecule is CC(C)(C)SCC(=O)NCCCOC1CCCCC1. The fraction of sp³-hybridized carbons (Fsp3) is 0.933. The first kappa shape index (κ1) is 16.8. The van der Waals surface area contributed by atoms with Gasteiger partial charge in [-0.05, 0) is 19.3 Å². The normalized spacial score (nSPS) is 17.4. The van der Waals surface area contributed by atoms with E-state index in [4.69, 9.17) is 4.74 Å². The molecule has 0 aliphatic heterocycles. The molecular weight excluding hydrogens is 258 g/mol. The number of nitrogens with one attached hydrogen (secondary N) is 1. The van der Waals surface area contributed by atoms with E-state index in [0.717, 1.165) is 19.6 Å². The standard InChI is InChI=1S/C15H29NO2S/c1-15(2,3)19-12-14(17)16-10-7-11-18-13-8-5-4-6-9-13/h13H,4-12H2,1-3H3,(H,16,17). The molecule has 4 heteroatoms. The first-order chi connectivity index (χ1) is 8.97. The molecule has 19 heavy (non-hydrogen) atoms. The Morgan fingerprint density at radius 1 is 1.26 bits per heavy atom. The predicted molar refractivity (Wildman–Crippen MR) is 82.7 cm³/mol. The Morgan fingerprint density at radius 3 is 2.58 bits per heavy atom. The third-order valence-electron chi connectivity index (χ3n) is 3.19. The van der Waals surface area contributed by atoms with Gasteiger partial charge in [-0.2, -0.15) is 0 Å². The van der Waals surface area contributed by atoms with Gasteiger partial charge in [0.2, 0.25) is 5.91 Å². The third-order valence-corrected chi connectivity index (χ3v) is 4.46. The number of carbonyl (C=O) groups is 1. The van der Waals surface area contributed by atoms with Crippen LogP contribution in [0.5, 0.6) is 0 Å². The van der Waals surface area contributed by atoms with Crippen LogP contribution in [0, 0.1) is 0 Å². The Kier molecular flexibility index (Phi) is 7.84. The Labute approximate surface area is 122 Å². The molecule has 0 aromatic heterocycles. The summed E-state index contributed by atoms with van der Waals surface area (Å²) in [6.45, 7) is 7.89. The third kappa shape index (κ3) is 9.33. The molecule has 112 valence electrons. The molecule has 1 fully saturated rings. The van der Waals surface area contributed by atoms with E-state index in [2.05, 4.69) is 26.1 Å². The quantitative estimate of drug-likeness (QED) is 0.730. The molecule has 1 N–H and O–H groups in total. The van der Waals surface area contributed by atoms with E-state index in [-0.39, 0.29) is 10.7 Å². The number of hydrogen-bond acceptors (Lipinski definition) is 3. The van der Waals surface area contributed by atoms with Crippen molar-refractivity contribution in [3.8, 4) is 0 Å². The molecule has 0 bridgehead atoms. The highest BCUT2D eigenvalue weighted by atomic mass is 32.2. The summed E-state index contributed by atoms with van der Waals surface area (Å²) in [4.78, 5) is 11.6. The number of thioether (sulfide) groups is 1. The highest BCUT2D eigenvalue weighted by Gasteiger charge is 2.14. The number of amides is 1. The van der Waals surface area contributed by atoms with Crippen LogP contribution in [0.2, 0.25) is 0 Å². The van der Waals surface area contributed by atoms with E-state index in [1.807, 2.05) is 0 Å². The van der Waals surface area contributed by atoms with Crippen LogP contribution in [0.1, 0.15) is 59.3 Å². The summed E-state index contributed by atoms with van der Waals surface area (Å²) in [6.07, 6.45) is 7.81. The summed E-state index contributed by atoms with van der Waals surface area (Å²) >= 11 is 1.68. The second-order valence-corrected chi connectivity index (χ2v) is 8.04. The lowest BCUT2D eigenvalue weighted by Gasteiger charge is -2.22. The summed E-state index contributed by atoms with van der Waals surface area (Å²) < 4.78 is 5.98. The minimum absolute atomic E-state index is 0.137. The van der Waals surface area contributed by atoms with Crippen molar-refractivity contribution in [2.24, 2.45) is 0 Å². The van der Waals surface area contributed by atoms with E-state index in [0.29, 0.717) is 11.9 Å². The van der Waals surface area contributed by atoms with Gasteiger partial charge in [0.15, 0.2) is 0 Å². The lowest BCUT2D eigenvalue weighted by Crippen LogP contribution is -2.29. The zero-order valence-corrected chi connectivity index (χ0v) is 13.5. The van der Waals surface area contributed by atoms with E-state index in [1.165, 1.54) is 32.1 Å². The minimum atomic E-state index is 0.137. The van der Waals surface area contributed by atoms with Gasteiger partial charge in [0.25, 0.3) is 0 Å². The maximum Gasteiger partial charge on any atom is 0.230 e.